The van der Waals surface area contributed by atoms with Crippen LogP contribution in [0.4, 0.5) is 10.2 Å². The van der Waals surface area contributed by atoms with Gasteiger partial charge in [-0.15, -0.1) is 0 Å². The third-order valence-corrected chi connectivity index (χ3v) is 3.63. The fraction of sp³-hybridized carbons (Fsp3) is 0.211. The summed E-state index contributed by atoms with van der Waals surface area (Å²) in [5.74, 6) is -0.153. The van der Waals surface area contributed by atoms with Crippen LogP contribution in [0.25, 0.3) is 22.3 Å². The minimum Gasteiger partial charge on any atom is -0.465 e. The molecule has 6 heteroatoms. The van der Waals surface area contributed by atoms with Crippen molar-refractivity contribution in [3.8, 4) is 11.3 Å². The first-order valence-corrected chi connectivity index (χ1v) is 7.90. The standard InChI is InChI=1S/C19H18FN3O2/c1-11(2)21-18-17(12-4-7-14(20)8-5-12)22-15-9-6-13(19(24)25-3)10-16(15)23-18/h4-11H,1-3H3,(H,21,23). The molecule has 0 fully saturated rings. The van der Waals surface area contributed by atoms with E-state index in [9.17, 15) is 9.18 Å². The van der Waals surface area contributed by atoms with Crippen LogP contribution in [0.2, 0.25) is 0 Å². The van der Waals surface area contributed by atoms with Gasteiger partial charge in [0.1, 0.15) is 11.5 Å². The molecule has 3 aromatic rings. The third kappa shape index (κ3) is 3.57. The SMILES string of the molecule is COC(=O)c1ccc2nc(-c3ccc(F)cc3)c(NC(C)C)nc2c1. The van der Waals surface area contributed by atoms with Gasteiger partial charge in [-0.25, -0.2) is 19.2 Å². The van der Waals surface area contributed by atoms with Crippen LogP contribution >= 0.6 is 0 Å². The first-order valence-electron chi connectivity index (χ1n) is 7.90. The number of benzene rings is 2. The predicted molar refractivity (Wildman–Crippen MR) is 95.0 cm³/mol. The number of esters is 1. The molecule has 0 saturated heterocycles. The van der Waals surface area contributed by atoms with Crippen LogP contribution in [-0.2, 0) is 4.74 Å². The van der Waals surface area contributed by atoms with Gasteiger partial charge in [-0.3, -0.25) is 0 Å². The van der Waals surface area contributed by atoms with Gasteiger partial charge in [0.05, 0.1) is 23.7 Å². The number of anilines is 1. The summed E-state index contributed by atoms with van der Waals surface area (Å²) in [4.78, 5) is 21.0. The molecule has 3 rings (SSSR count). The van der Waals surface area contributed by atoms with Crippen molar-refractivity contribution in [3.63, 3.8) is 0 Å². The number of methoxy groups -OCH3 is 1. The van der Waals surface area contributed by atoms with Gasteiger partial charge in [-0.05, 0) is 56.3 Å². The van der Waals surface area contributed by atoms with Crippen LogP contribution in [0, 0.1) is 5.82 Å². The van der Waals surface area contributed by atoms with Gasteiger partial charge in [0.25, 0.3) is 0 Å². The lowest BCUT2D eigenvalue weighted by Gasteiger charge is -2.14. The summed E-state index contributed by atoms with van der Waals surface area (Å²) in [6, 6.07) is 11.3. The van der Waals surface area contributed by atoms with Gasteiger partial charge < -0.3 is 10.1 Å². The molecule has 0 saturated carbocycles. The number of aromatic nitrogens is 2. The molecular weight excluding hydrogens is 321 g/mol. The van der Waals surface area contributed by atoms with Crippen LogP contribution in [0.15, 0.2) is 42.5 Å². The van der Waals surface area contributed by atoms with E-state index in [1.165, 1.54) is 19.2 Å². The number of hydrogen-bond donors (Lipinski definition) is 1. The third-order valence-electron chi connectivity index (χ3n) is 3.63. The zero-order chi connectivity index (χ0) is 18.0. The van der Waals surface area contributed by atoms with Gasteiger partial charge in [-0.2, -0.15) is 0 Å². The second kappa shape index (κ2) is 6.84. The topological polar surface area (TPSA) is 64.1 Å². The van der Waals surface area contributed by atoms with E-state index in [0.29, 0.717) is 28.1 Å². The second-order valence-electron chi connectivity index (χ2n) is 5.92. The van der Waals surface area contributed by atoms with Crippen molar-refractivity contribution >= 4 is 22.8 Å². The molecule has 0 radical (unpaired) electrons. The van der Waals surface area contributed by atoms with Gasteiger partial charge in [0.15, 0.2) is 5.82 Å². The monoisotopic (exact) mass is 339 g/mol. The Morgan fingerprint density at radius 3 is 2.44 bits per heavy atom. The molecule has 1 aromatic heterocycles. The number of hydrogen-bond acceptors (Lipinski definition) is 5. The van der Waals surface area contributed by atoms with Crippen LogP contribution in [0.3, 0.4) is 0 Å². The molecule has 0 amide bonds. The Labute approximate surface area is 144 Å². The number of nitrogens with one attached hydrogen (secondary N) is 1. The van der Waals surface area contributed by atoms with E-state index < -0.39 is 5.97 Å². The molecule has 0 atom stereocenters. The number of nitrogens with zero attached hydrogens (tertiary/aromatic N) is 2. The second-order valence-corrected chi connectivity index (χ2v) is 5.92. The Morgan fingerprint density at radius 1 is 1.08 bits per heavy atom. The molecule has 2 aromatic carbocycles. The lowest BCUT2D eigenvalue weighted by molar-refractivity contribution is 0.0601. The summed E-state index contributed by atoms with van der Waals surface area (Å²) in [5.41, 5.74) is 3.02. The number of fused-ring (bicyclic) bond motifs is 1. The van der Waals surface area contributed by atoms with Crippen molar-refractivity contribution in [3.05, 3.63) is 53.8 Å². The molecule has 25 heavy (non-hydrogen) atoms. The van der Waals surface area contributed by atoms with Crippen molar-refractivity contribution in [1.82, 2.24) is 9.97 Å². The summed E-state index contributed by atoms with van der Waals surface area (Å²) in [7, 11) is 1.33. The van der Waals surface area contributed by atoms with Crippen molar-refractivity contribution < 1.29 is 13.9 Å². The number of halogens is 1. The maximum absolute atomic E-state index is 13.2. The van der Waals surface area contributed by atoms with Crippen molar-refractivity contribution in [2.24, 2.45) is 0 Å². The molecule has 0 aliphatic carbocycles. The summed E-state index contributed by atoms with van der Waals surface area (Å²) < 4.78 is 18.0. The van der Waals surface area contributed by atoms with E-state index in [0.717, 1.165) is 5.56 Å². The molecule has 1 heterocycles. The fourth-order valence-electron chi connectivity index (χ4n) is 2.48. The Kier molecular flexibility index (Phi) is 4.61. The summed E-state index contributed by atoms with van der Waals surface area (Å²) in [6.07, 6.45) is 0. The Bertz CT molecular complexity index is 924. The molecule has 0 unspecified atom stereocenters. The molecule has 0 aliphatic heterocycles. The number of rotatable bonds is 4. The van der Waals surface area contributed by atoms with E-state index >= 15 is 0 Å². The predicted octanol–water partition coefficient (Wildman–Crippen LogP) is 4.04. The highest BCUT2D eigenvalue weighted by molar-refractivity contribution is 5.94. The lowest BCUT2D eigenvalue weighted by Crippen LogP contribution is -2.13. The van der Waals surface area contributed by atoms with E-state index in [4.69, 9.17) is 4.74 Å². The molecular formula is C19H18FN3O2. The first-order chi connectivity index (χ1) is 12.0. The Morgan fingerprint density at radius 2 is 1.80 bits per heavy atom. The van der Waals surface area contributed by atoms with Crippen molar-refractivity contribution in [1.29, 1.82) is 0 Å². The average molecular weight is 339 g/mol. The maximum atomic E-state index is 13.2. The number of ether oxygens (including phenoxy) is 1. The van der Waals surface area contributed by atoms with Gasteiger partial charge >= 0.3 is 5.97 Å². The zero-order valence-electron chi connectivity index (χ0n) is 14.2. The van der Waals surface area contributed by atoms with E-state index in [1.807, 2.05) is 13.8 Å². The molecule has 0 spiro atoms. The first kappa shape index (κ1) is 16.8. The number of carbonyl (C=O) groups excluding carboxylic acids is 1. The minimum atomic E-state index is -0.426. The van der Waals surface area contributed by atoms with E-state index in [1.54, 1.807) is 30.3 Å². The quantitative estimate of drug-likeness (QED) is 0.727. The van der Waals surface area contributed by atoms with Crippen LogP contribution < -0.4 is 5.32 Å². The average Bonchev–Trinajstić information content (AvgIpc) is 2.60. The van der Waals surface area contributed by atoms with Crippen molar-refractivity contribution in [2.45, 2.75) is 19.9 Å². The Balaban J connectivity index is 2.17. The highest BCUT2D eigenvalue weighted by Crippen LogP contribution is 2.28. The van der Waals surface area contributed by atoms with Gasteiger partial charge in [-0.1, -0.05) is 0 Å². The normalized spacial score (nSPS) is 10.9. The lowest BCUT2D eigenvalue weighted by atomic mass is 10.1. The number of carbonyl (C=O) groups is 1. The summed E-state index contributed by atoms with van der Waals surface area (Å²) in [5, 5.41) is 3.26. The zero-order valence-corrected chi connectivity index (χ0v) is 14.2. The van der Waals surface area contributed by atoms with Crippen LogP contribution in [0.5, 0.6) is 0 Å². The van der Waals surface area contributed by atoms with Gasteiger partial charge in [0.2, 0.25) is 0 Å². The van der Waals surface area contributed by atoms with Gasteiger partial charge in [0, 0.05) is 11.6 Å². The smallest absolute Gasteiger partial charge is 0.337 e. The fourth-order valence-corrected chi connectivity index (χ4v) is 2.48. The van der Waals surface area contributed by atoms with Crippen LogP contribution in [0.1, 0.15) is 24.2 Å². The molecule has 128 valence electrons. The Hall–Kier alpha value is -3.02. The minimum absolute atomic E-state index is 0.134. The molecule has 0 bridgehead atoms. The van der Waals surface area contributed by atoms with Crippen LogP contribution in [-0.4, -0.2) is 29.1 Å². The summed E-state index contributed by atoms with van der Waals surface area (Å²) >= 11 is 0. The molecule has 0 aliphatic rings. The highest BCUT2D eigenvalue weighted by Gasteiger charge is 2.14. The highest BCUT2D eigenvalue weighted by atomic mass is 19.1. The molecule has 5 nitrogen and oxygen atoms in total. The van der Waals surface area contributed by atoms with Crippen molar-refractivity contribution in [2.75, 3.05) is 12.4 Å². The van der Waals surface area contributed by atoms with E-state index in [-0.39, 0.29) is 11.9 Å². The maximum Gasteiger partial charge on any atom is 0.337 e. The largest absolute Gasteiger partial charge is 0.465 e. The summed E-state index contributed by atoms with van der Waals surface area (Å²) in [6.45, 7) is 3.98. The molecule has 1 N–H and O–H groups in total. The van der Waals surface area contributed by atoms with E-state index in [2.05, 4.69) is 15.3 Å².